The summed E-state index contributed by atoms with van der Waals surface area (Å²) in [5, 5.41) is 3.54. The van der Waals surface area contributed by atoms with Gasteiger partial charge in [-0.25, -0.2) is 0 Å². The van der Waals surface area contributed by atoms with Crippen molar-refractivity contribution in [1.82, 2.24) is 0 Å². The molecule has 136 valence electrons. The van der Waals surface area contributed by atoms with Crippen LogP contribution in [-0.4, -0.2) is 6.54 Å². The molecule has 1 atom stereocenters. The second-order valence-corrected chi connectivity index (χ2v) is 7.56. The van der Waals surface area contributed by atoms with E-state index in [9.17, 15) is 0 Å². The summed E-state index contributed by atoms with van der Waals surface area (Å²) in [4.78, 5) is 0. The van der Waals surface area contributed by atoms with Crippen LogP contribution in [0.15, 0.2) is 83.9 Å². The van der Waals surface area contributed by atoms with Crippen molar-refractivity contribution in [3.8, 4) is 5.75 Å². The van der Waals surface area contributed by atoms with Gasteiger partial charge in [0.25, 0.3) is 0 Å². The highest BCUT2D eigenvalue weighted by Crippen LogP contribution is 2.42. The lowest BCUT2D eigenvalue weighted by Crippen LogP contribution is -2.06. The first-order valence-corrected chi connectivity index (χ1v) is 10.0. The summed E-state index contributed by atoms with van der Waals surface area (Å²) in [6, 6.07) is 23.0. The second-order valence-electron chi connectivity index (χ2n) is 6.70. The summed E-state index contributed by atoms with van der Waals surface area (Å²) in [7, 11) is 0. The van der Waals surface area contributed by atoms with E-state index in [4.69, 9.17) is 4.74 Å². The van der Waals surface area contributed by atoms with Crippen LogP contribution in [0.1, 0.15) is 28.2 Å². The van der Waals surface area contributed by atoms with Crippen molar-refractivity contribution in [2.45, 2.75) is 18.9 Å². The molecule has 4 rings (SSSR count). The maximum Gasteiger partial charge on any atom is 0.138 e. The minimum Gasteiger partial charge on any atom is -0.487 e. The number of fused-ring (bicyclic) bond motifs is 1. The Balaban J connectivity index is 1.71. The third-order valence-corrected chi connectivity index (χ3v) is 5.63. The van der Waals surface area contributed by atoms with Gasteiger partial charge in [0.15, 0.2) is 0 Å². The van der Waals surface area contributed by atoms with Gasteiger partial charge >= 0.3 is 0 Å². The molecule has 1 aliphatic heterocycles. The molecule has 1 N–H and O–H groups in total. The molecular weight excluding hydrogens is 398 g/mol. The molecule has 0 amide bonds. The van der Waals surface area contributed by atoms with E-state index in [0.717, 1.165) is 34.3 Å². The highest BCUT2D eigenvalue weighted by atomic mass is 79.9. The minimum atomic E-state index is 0.0637. The number of allylic oxidation sites excluding steroid dienone is 1. The Morgan fingerprint density at radius 2 is 1.78 bits per heavy atom. The number of hydrogen-bond acceptors (Lipinski definition) is 2. The fourth-order valence-corrected chi connectivity index (χ4v) is 4.20. The molecule has 0 saturated carbocycles. The van der Waals surface area contributed by atoms with E-state index in [0.29, 0.717) is 6.61 Å². The van der Waals surface area contributed by atoms with Gasteiger partial charge in [0.05, 0.1) is 4.47 Å². The van der Waals surface area contributed by atoms with Crippen molar-refractivity contribution in [3.05, 3.63) is 106 Å². The molecule has 3 heteroatoms. The van der Waals surface area contributed by atoms with E-state index >= 15 is 0 Å². The number of benzene rings is 3. The Kier molecular flexibility index (Phi) is 5.30. The number of ether oxygens (including phenoxy) is 1. The summed E-state index contributed by atoms with van der Waals surface area (Å²) in [6.07, 6.45) is 3.08. The lowest BCUT2D eigenvalue weighted by Gasteiger charge is -2.21. The molecule has 1 aliphatic rings. The van der Waals surface area contributed by atoms with Gasteiger partial charge in [-0.15, -0.1) is 6.58 Å². The largest absolute Gasteiger partial charge is 0.487 e. The van der Waals surface area contributed by atoms with Gasteiger partial charge in [-0.1, -0.05) is 66.7 Å². The molecule has 0 bridgehead atoms. The van der Waals surface area contributed by atoms with Crippen molar-refractivity contribution in [2.24, 2.45) is 0 Å². The normalized spacial score (nSPS) is 13.5. The predicted molar refractivity (Wildman–Crippen MR) is 116 cm³/mol. The maximum absolute atomic E-state index is 6.26. The van der Waals surface area contributed by atoms with Crippen LogP contribution in [-0.2, 0) is 13.0 Å². The third kappa shape index (κ3) is 3.65. The van der Waals surface area contributed by atoms with E-state index in [2.05, 4.69) is 70.3 Å². The topological polar surface area (TPSA) is 21.3 Å². The van der Waals surface area contributed by atoms with Crippen molar-refractivity contribution < 1.29 is 4.74 Å². The summed E-state index contributed by atoms with van der Waals surface area (Å²) >= 11 is 3.68. The van der Waals surface area contributed by atoms with Crippen LogP contribution in [0.2, 0.25) is 0 Å². The Labute approximate surface area is 169 Å². The number of halogens is 1. The Morgan fingerprint density at radius 1 is 1.00 bits per heavy atom. The molecule has 1 heterocycles. The van der Waals surface area contributed by atoms with Crippen LogP contribution in [0.3, 0.4) is 0 Å². The van der Waals surface area contributed by atoms with Crippen LogP contribution in [0, 0.1) is 0 Å². The van der Waals surface area contributed by atoms with Crippen molar-refractivity contribution in [3.63, 3.8) is 0 Å². The molecule has 2 nitrogen and oxygen atoms in total. The fourth-order valence-electron chi connectivity index (χ4n) is 3.70. The van der Waals surface area contributed by atoms with Gasteiger partial charge in [0, 0.05) is 23.7 Å². The number of nitrogens with one attached hydrogen (secondary N) is 1. The molecule has 27 heavy (non-hydrogen) atoms. The van der Waals surface area contributed by atoms with E-state index < -0.39 is 0 Å². The molecule has 3 aromatic rings. The van der Waals surface area contributed by atoms with Crippen molar-refractivity contribution in [1.29, 1.82) is 0 Å². The average molecular weight is 420 g/mol. The average Bonchev–Trinajstić information content (AvgIpc) is 3.18. The van der Waals surface area contributed by atoms with Crippen LogP contribution >= 0.6 is 15.9 Å². The smallest absolute Gasteiger partial charge is 0.138 e. The van der Waals surface area contributed by atoms with Crippen LogP contribution in [0.25, 0.3) is 0 Å². The summed E-state index contributed by atoms with van der Waals surface area (Å²) in [5.41, 5.74) is 6.15. The first-order chi connectivity index (χ1) is 13.3. The van der Waals surface area contributed by atoms with Gasteiger partial charge < -0.3 is 10.1 Å². The van der Waals surface area contributed by atoms with Gasteiger partial charge in [-0.05, 0) is 45.1 Å². The van der Waals surface area contributed by atoms with E-state index in [1.54, 1.807) is 0 Å². The molecule has 0 aliphatic carbocycles. The standard InChI is InChI=1S/C24H22BrNO/c1-2-19(20-11-6-10-18-14-15-26-23(18)20)21-12-7-13-22(25)24(21)27-16-17-8-4-3-5-9-17/h2-13,19,26H,1,14-16H2/t19-/m0/s1. The SMILES string of the molecule is C=C[C@@H](c1cccc2c1NCC2)c1cccc(Br)c1OCc1ccccc1. The zero-order valence-corrected chi connectivity index (χ0v) is 16.7. The Hall–Kier alpha value is -2.52. The van der Waals surface area contributed by atoms with E-state index in [1.807, 2.05) is 30.3 Å². The monoisotopic (exact) mass is 419 g/mol. The van der Waals surface area contributed by atoms with Crippen molar-refractivity contribution >= 4 is 21.6 Å². The molecular formula is C24H22BrNO. The number of rotatable bonds is 6. The van der Waals surface area contributed by atoms with Gasteiger partial charge in [-0.2, -0.15) is 0 Å². The van der Waals surface area contributed by atoms with Gasteiger partial charge in [0.1, 0.15) is 12.4 Å². The quantitative estimate of drug-likeness (QED) is 0.472. The molecule has 0 saturated heterocycles. The summed E-state index contributed by atoms with van der Waals surface area (Å²) < 4.78 is 7.22. The predicted octanol–water partition coefficient (Wildman–Crippen LogP) is 6.31. The highest BCUT2D eigenvalue weighted by molar-refractivity contribution is 9.10. The lowest BCUT2D eigenvalue weighted by molar-refractivity contribution is 0.300. The number of para-hydroxylation sites is 2. The van der Waals surface area contributed by atoms with Crippen molar-refractivity contribution in [2.75, 3.05) is 11.9 Å². The molecule has 0 unspecified atom stereocenters. The number of anilines is 1. The lowest BCUT2D eigenvalue weighted by atomic mass is 9.88. The Morgan fingerprint density at radius 3 is 2.59 bits per heavy atom. The third-order valence-electron chi connectivity index (χ3n) is 5.01. The molecule has 0 aromatic heterocycles. The van der Waals surface area contributed by atoms with Gasteiger partial charge in [-0.3, -0.25) is 0 Å². The zero-order valence-electron chi connectivity index (χ0n) is 15.1. The van der Waals surface area contributed by atoms with E-state index in [-0.39, 0.29) is 5.92 Å². The molecule has 0 fully saturated rings. The highest BCUT2D eigenvalue weighted by Gasteiger charge is 2.23. The molecule has 3 aromatic carbocycles. The summed E-state index contributed by atoms with van der Waals surface area (Å²) in [5.74, 6) is 0.940. The first-order valence-electron chi connectivity index (χ1n) is 9.21. The van der Waals surface area contributed by atoms with Crippen LogP contribution in [0.4, 0.5) is 5.69 Å². The van der Waals surface area contributed by atoms with Gasteiger partial charge in [0.2, 0.25) is 0 Å². The first kappa shape index (κ1) is 17.9. The number of hydrogen-bond donors (Lipinski definition) is 1. The van der Waals surface area contributed by atoms with Crippen LogP contribution < -0.4 is 10.1 Å². The fraction of sp³-hybridized carbons (Fsp3) is 0.167. The second kappa shape index (κ2) is 8.01. The molecule has 0 radical (unpaired) electrons. The maximum atomic E-state index is 6.26. The Bertz CT molecular complexity index is 952. The van der Waals surface area contributed by atoms with E-state index in [1.165, 1.54) is 16.8 Å². The molecule has 0 spiro atoms. The van der Waals surface area contributed by atoms with Crippen LogP contribution in [0.5, 0.6) is 5.75 Å². The minimum absolute atomic E-state index is 0.0637. The zero-order chi connectivity index (χ0) is 18.6. The summed E-state index contributed by atoms with van der Waals surface area (Å²) in [6.45, 7) is 5.66.